The van der Waals surface area contributed by atoms with Gasteiger partial charge < -0.3 is 4.74 Å². The highest BCUT2D eigenvalue weighted by atomic mass is 19.4. The van der Waals surface area contributed by atoms with Crippen molar-refractivity contribution in [1.82, 2.24) is 5.32 Å². The molecule has 0 aromatic heterocycles. The fourth-order valence-electron chi connectivity index (χ4n) is 1.04. The number of nitrogens with one attached hydrogen (secondary N) is 1. The summed E-state index contributed by atoms with van der Waals surface area (Å²) in [5.41, 5.74) is -0.819. The Morgan fingerprint density at radius 3 is 2.40 bits per heavy atom. The summed E-state index contributed by atoms with van der Waals surface area (Å²) in [6.07, 6.45) is -4.07. The van der Waals surface area contributed by atoms with Crippen molar-refractivity contribution in [3.63, 3.8) is 0 Å². The van der Waals surface area contributed by atoms with Gasteiger partial charge in [-0.25, -0.2) is 0 Å². The van der Waals surface area contributed by atoms with Crippen molar-refractivity contribution >= 4 is 0 Å². The minimum atomic E-state index is -4.30. The van der Waals surface area contributed by atoms with E-state index >= 15 is 0 Å². The van der Waals surface area contributed by atoms with Crippen molar-refractivity contribution in [2.75, 3.05) is 19.8 Å². The van der Waals surface area contributed by atoms with Gasteiger partial charge in [-0.1, -0.05) is 6.92 Å². The normalized spacial score (nSPS) is 15.7. The third-order valence-electron chi connectivity index (χ3n) is 1.83. The molecule has 0 saturated carbocycles. The van der Waals surface area contributed by atoms with Crippen LogP contribution in [0.25, 0.3) is 0 Å². The standard InChI is InChI=1S/C9H15F3N2O/c1-3-14-8(2,6-13)4-5-15-7-9(10,11)12/h14H,3-5,7H2,1-2H3. The molecule has 0 rings (SSSR count). The molecule has 1 N–H and O–H groups in total. The Morgan fingerprint density at radius 2 is 2.00 bits per heavy atom. The van der Waals surface area contributed by atoms with Gasteiger partial charge in [0.2, 0.25) is 0 Å². The number of nitriles is 1. The van der Waals surface area contributed by atoms with Crippen molar-refractivity contribution in [1.29, 1.82) is 5.26 Å². The highest BCUT2D eigenvalue weighted by molar-refractivity contribution is 5.03. The van der Waals surface area contributed by atoms with E-state index in [4.69, 9.17) is 5.26 Å². The first-order chi connectivity index (χ1) is 6.83. The largest absolute Gasteiger partial charge is 0.411 e. The van der Waals surface area contributed by atoms with Crippen LogP contribution in [0.2, 0.25) is 0 Å². The lowest BCUT2D eigenvalue weighted by Crippen LogP contribution is -2.41. The van der Waals surface area contributed by atoms with E-state index in [1.807, 2.05) is 13.0 Å². The van der Waals surface area contributed by atoms with Gasteiger partial charge in [-0.2, -0.15) is 18.4 Å². The summed E-state index contributed by atoms with van der Waals surface area (Å²) in [5, 5.41) is 11.7. The second-order valence-corrected chi connectivity index (χ2v) is 3.39. The molecule has 0 spiro atoms. The molecule has 0 aromatic rings. The number of hydrogen-bond donors (Lipinski definition) is 1. The lowest BCUT2D eigenvalue weighted by Gasteiger charge is -2.22. The van der Waals surface area contributed by atoms with E-state index in [0.29, 0.717) is 6.54 Å². The Hall–Kier alpha value is -0.800. The quantitative estimate of drug-likeness (QED) is 0.700. The van der Waals surface area contributed by atoms with Crippen molar-refractivity contribution in [2.24, 2.45) is 0 Å². The van der Waals surface area contributed by atoms with Gasteiger partial charge in [0.1, 0.15) is 12.1 Å². The lowest BCUT2D eigenvalue weighted by molar-refractivity contribution is -0.174. The Morgan fingerprint density at radius 1 is 1.40 bits per heavy atom. The summed E-state index contributed by atoms with van der Waals surface area (Å²) in [4.78, 5) is 0. The van der Waals surface area contributed by atoms with E-state index in [2.05, 4.69) is 10.1 Å². The van der Waals surface area contributed by atoms with Gasteiger partial charge in [-0.15, -0.1) is 0 Å². The summed E-state index contributed by atoms with van der Waals surface area (Å²) in [6.45, 7) is 2.69. The molecule has 0 aromatic carbocycles. The van der Waals surface area contributed by atoms with E-state index in [1.54, 1.807) is 6.92 Å². The number of nitrogens with zero attached hydrogens (tertiary/aromatic N) is 1. The topological polar surface area (TPSA) is 45.0 Å². The molecule has 1 unspecified atom stereocenters. The molecule has 0 aliphatic heterocycles. The molecule has 15 heavy (non-hydrogen) atoms. The molecular weight excluding hydrogens is 209 g/mol. The van der Waals surface area contributed by atoms with E-state index in [-0.39, 0.29) is 13.0 Å². The zero-order chi connectivity index (χ0) is 11.9. The zero-order valence-electron chi connectivity index (χ0n) is 8.82. The van der Waals surface area contributed by atoms with E-state index in [1.165, 1.54) is 0 Å². The molecule has 1 atom stereocenters. The summed E-state index contributed by atoms with van der Waals surface area (Å²) < 4.78 is 39.5. The molecule has 0 bridgehead atoms. The van der Waals surface area contributed by atoms with Gasteiger partial charge in [0.05, 0.1) is 6.07 Å². The first-order valence-corrected chi connectivity index (χ1v) is 4.64. The van der Waals surface area contributed by atoms with Crippen LogP contribution in [0, 0.1) is 11.3 Å². The number of ether oxygens (including phenoxy) is 1. The molecule has 0 fully saturated rings. The van der Waals surface area contributed by atoms with Gasteiger partial charge in [-0.05, 0) is 13.5 Å². The lowest BCUT2D eigenvalue weighted by atomic mass is 10.0. The van der Waals surface area contributed by atoms with Crippen molar-refractivity contribution in [3.8, 4) is 6.07 Å². The number of rotatable bonds is 6. The average Bonchev–Trinajstić information content (AvgIpc) is 2.12. The molecule has 6 heteroatoms. The van der Waals surface area contributed by atoms with Crippen LogP contribution in [0.1, 0.15) is 20.3 Å². The molecule has 3 nitrogen and oxygen atoms in total. The Bertz CT molecular complexity index is 224. The zero-order valence-corrected chi connectivity index (χ0v) is 8.82. The van der Waals surface area contributed by atoms with Crippen LogP contribution in [-0.4, -0.2) is 31.5 Å². The predicted molar refractivity (Wildman–Crippen MR) is 49.2 cm³/mol. The van der Waals surface area contributed by atoms with Crippen LogP contribution >= 0.6 is 0 Å². The van der Waals surface area contributed by atoms with Crippen LogP contribution < -0.4 is 5.32 Å². The summed E-state index contributed by atoms with van der Waals surface area (Å²) >= 11 is 0. The Balaban J connectivity index is 3.79. The maximum atomic E-state index is 11.7. The Kier molecular flexibility index (Phi) is 5.61. The van der Waals surface area contributed by atoms with Crippen LogP contribution in [0.4, 0.5) is 13.2 Å². The highest BCUT2D eigenvalue weighted by Crippen LogP contribution is 2.15. The fraction of sp³-hybridized carbons (Fsp3) is 0.889. The third kappa shape index (κ3) is 7.17. The monoisotopic (exact) mass is 224 g/mol. The summed E-state index contributed by atoms with van der Waals surface area (Å²) in [6, 6.07) is 2.00. The Labute approximate surface area is 87.2 Å². The van der Waals surface area contributed by atoms with Crippen LogP contribution in [0.3, 0.4) is 0 Å². The van der Waals surface area contributed by atoms with Gasteiger partial charge >= 0.3 is 6.18 Å². The smallest absolute Gasteiger partial charge is 0.372 e. The van der Waals surface area contributed by atoms with E-state index < -0.39 is 18.3 Å². The van der Waals surface area contributed by atoms with Crippen molar-refractivity contribution in [3.05, 3.63) is 0 Å². The molecule has 0 radical (unpaired) electrons. The van der Waals surface area contributed by atoms with Crippen molar-refractivity contribution < 1.29 is 17.9 Å². The minimum absolute atomic E-state index is 0.0867. The molecule has 0 heterocycles. The maximum Gasteiger partial charge on any atom is 0.411 e. The van der Waals surface area contributed by atoms with E-state index in [9.17, 15) is 13.2 Å². The van der Waals surface area contributed by atoms with E-state index in [0.717, 1.165) is 0 Å². The predicted octanol–water partition coefficient (Wildman–Crippen LogP) is 1.85. The maximum absolute atomic E-state index is 11.7. The molecule has 0 amide bonds. The SMILES string of the molecule is CCNC(C)(C#N)CCOCC(F)(F)F. The first kappa shape index (κ1) is 14.2. The van der Waals surface area contributed by atoms with Gasteiger partial charge in [0.25, 0.3) is 0 Å². The van der Waals surface area contributed by atoms with Crippen LogP contribution in [0.5, 0.6) is 0 Å². The highest BCUT2D eigenvalue weighted by Gasteiger charge is 2.28. The number of hydrogen-bond acceptors (Lipinski definition) is 3. The number of halogens is 3. The van der Waals surface area contributed by atoms with Gasteiger partial charge in [-0.3, -0.25) is 5.32 Å². The average molecular weight is 224 g/mol. The fourth-order valence-corrected chi connectivity index (χ4v) is 1.04. The second kappa shape index (κ2) is 5.93. The molecule has 0 aliphatic carbocycles. The molecule has 88 valence electrons. The number of alkyl halides is 3. The first-order valence-electron chi connectivity index (χ1n) is 4.64. The van der Waals surface area contributed by atoms with Gasteiger partial charge in [0, 0.05) is 13.0 Å². The second-order valence-electron chi connectivity index (χ2n) is 3.39. The summed E-state index contributed by atoms with van der Waals surface area (Å²) in [5.74, 6) is 0. The minimum Gasteiger partial charge on any atom is -0.372 e. The molecule has 0 aliphatic rings. The van der Waals surface area contributed by atoms with Crippen molar-refractivity contribution in [2.45, 2.75) is 32.0 Å². The van der Waals surface area contributed by atoms with Crippen LogP contribution in [0.15, 0.2) is 0 Å². The molecule has 0 saturated heterocycles. The third-order valence-corrected chi connectivity index (χ3v) is 1.83. The summed E-state index contributed by atoms with van der Waals surface area (Å²) in [7, 11) is 0. The van der Waals surface area contributed by atoms with Gasteiger partial charge in [0.15, 0.2) is 0 Å². The van der Waals surface area contributed by atoms with Crippen LogP contribution in [-0.2, 0) is 4.74 Å². The molecular formula is C9H15F3N2O.